The van der Waals surface area contributed by atoms with Crippen molar-refractivity contribution in [2.45, 2.75) is 19.8 Å². The SMILES string of the molecule is Cc1nccn2c(Nc3ccc4c(c3)CC/C4=N/O)c(-c3ccco3)nc12. The lowest BCUT2D eigenvalue weighted by Crippen LogP contribution is -1.99. The molecular weight excluding hydrogens is 342 g/mol. The van der Waals surface area contributed by atoms with Crippen molar-refractivity contribution < 1.29 is 9.62 Å². The number of aromatic nitrogens is 3. The molecule has 0 radical (unpaired) electrons. The normalized spacial score (nSPS) is 14.8. The molecule has 1 aliphatic rings. The molecule has 2 N–H and O–H groups in total. The van der Waals surface area contributed by atoms with Gasteiger partial charge in [-0.05, 0) is 49.6 Å². The number of aryl methyl sites for hydroxylation is 2. The molecule has 0 unspecified atom stereocenters. The number of oxime groups is 1. The third-order valence-corrected chi connectivity index (χ3v) is 4.90. The van der Waals surface area contributed by atoms with Crippen LogP contribution in [0.2, 0.25) is 0 Å². The summed E-state index contributed by atoms with van der Waals surface area (Å²) in [5, 5.41) is 16.0. The van der Waals surface area contributed by atoms with E-state index < -0.39 is 0 Å². The topological polar surface area (TPSA) is 88.0 Å². The number of benzene rings is 1. The van der Waals surface area contributed by atoms with Crippen molar-refractivity contribution in [1.29, 1.82) is 0 Å². The first-order chi connectivity index (χ1) is 13.2. The van der Waals surface area contributed by atoms with Crippen LogP contribution in [0.5, 0.6) is 0 Å². The highest BCUT2D eigenvalue weighted by Crippen LogP contribution is 2.33. The number of furan rings is 1. The van der Waals surface area contributed by atoms with Gasteiger partial charge < -0.3 is 14.9 Å². The van der Waals surface area contributed by atoms with Gasteiger partial charge in [-0.1, -0.05) is 11.2 Å². The number of hydrogen-bond acceptors (Lipinski definition) is 6. The van der Waals surface area contributed by atoms with E-state index in [2.05, 4.69) is 21.5 Å². The lowest BCUT2D eigenvalue weighted by Gasteiger charge is -2.10. The van der Waals surface area contributed by atoms with Crippen LogP contribution in [-0.2, 0) is 6.42 Å². The summed E-state index contributed by atoms with van der Waals surface area (Å²) in [6.07, 6.45) is 6.90. The van der Waals surface area contributed by atoms with Crippen LogP contribution in [0.25, 0.3) is 17.1 Å². The van der Waals surface area contributed by atoms with Gasteiger partial charge in [-0.2, -0.15) is 0 Å². The molecule has 5 rings (SSSR count). The Morgan fingerprint density at radius 3 is 3.00 bits per heavy atom. The van der Waals surface area contributed by atoms with Crippen LogP contribution in [0.1, 0.15) is 23.2 Å². The van der Waals surface area contributed by atoms with Gasteiger partial charge in [0.15, 0.2) is 11.4 Å². The zero-order chi connectivity index (χ0) is 18.4. The fourth-order valence-corrected chi connectivity index (χ4v) is 3.60. The minimum atomic E-state index is 0.691. The molecule has 0 bridgehead atoms. The second-order valence-corrected chi connectivity index (χ2v) is 6.54. The second-order valence-electron chi connectivity index (χ2n) is 6.54. The summed E-state index contributed by atoms with van der Waals surface area (Å²) in [6.45, 7) is 1.93. The van der Waals surface area contributed by atoms with E-state index in [1.165, 1.54) is 5.56 Å². The van der Waals surface area contributed by atoms with Crippen molar-refractivity contribution >= 4 is 22.9 Å². The van der Waals surface area contributed by atoms with Crippen molar-refractivity contribution in [1.82, 2.24) is 14.4 Å². The quantitative estimate of drug-likeness (QED) is 0.423. The van der Waals surface area contributed by atoms with Crippen LogP contribution in [0.4, 0.5) is 11.5 Å². The molecule has 0 saturated heterocycles. The average Bonchev–Trinajstić information content (AvgIpc) is 3.40. The molecule has 0 saturated carbocycles. The summed E-state index contributed by atoms with van der Waals surface area (Å²) in [5.74, 6) is 1.51. The highest BCUT2D eigenvalue weighted by atomic mass is 16.4. The van der Waals surface area contributed by atoms with Crippen LogP contribution < -0.4 is 5.32 Å². The lowest BCUT2D eigenvalue weighted by atomic mass is 10.1. The minimum Gasteiger partial charge on any atom is -0.463 e. The Balaban J connectivity index is 1.63. The molecule has 3 heterocycles. The number of nitrogens with one attached hydrogen (secondary N) is 1. The van der Waals surface area contributed by atoms with Gasteiger partial charge in [0.05, 0.1) is 17.7 Å². The molecule has 134 valence electrons. The Morgan fingerprint density at radius 2 is 2.19 bits per heavy atom. The van der Waals surface area contributed by atoms with E-state index in [9.17, 15) is 0 Å². The molecule has 4 aromatic rings. The van der Waals surface area contributed by atoms with E-state index in [-0.39, 0.29) is 0 Å². The molecule has 0 spiro atoms. The largest absolute Gasteiger partial charge is 0.463 e. The van der Waals surface area contributed by atoms with Gasteiger partial charge in [-0.15, -0.1) is 0 Å². The van der Waals surface area contributed by atoms with Gasteiger partial charge in [0, 0.05) is 23.6 Å². The monoisotopic (exact) mass is 359 g/mol. The van der Waals surface area contributed by atoms with Crippen molar-refractivity contribution in [3.8, 4) is 11.5 Å². The molecule has 0 atom stereocenters. The van der Waals surface area contributed by atoms with Gasteiger partial charge in [-0.25, -0.2) is 4.98 Å². The summed E-state index contributed by atoms with van der Waals surface area (Å²) in [5.41, 5.74) is 6.21. The van der Waals surface area contributed by atoms with Crippen molar-refractivity contribution in [3.63, 3.8) is 0 Å². The average molecular weight is 359 g/mol. The number of fused-ring (bicyclic) bond motifs is 2. The van der Waals surface area contributed by atoms with E-state index in [1.54, 1.807) is 12.5 Å². The molecule has 0 amide bonds. The number of rotatable bonds is 3. The lowest BCUT2D eigenvalue weighted by molar-refractivity contribution is 0.318. The zero-order valence-electron chi connectivity index (χ0n) is 14.7. The summed E-state index contributed by atoms with van der Waals surface area (Å²) in [6, 6.07) is 9.80. The number of hydrogen-bond donors (Lipinski definition) is 2. The van der Waals surface area contributed by atoms with E-state index in [1.807, 2.05) is 41.8 Å². The molecule has 1 aliphatic carbocycles. The van der Waals surface area contributed by atoms with Crippen LogP contribution in [0, 0.1) is 6.92 Å². The Morgan fingerprint density at radius 1 is 1.26 bits per heavy atom. The van der Waals surface area contributed by atoms with Crippen LogP contribution in [0.3, 0.4) is 0 Å². The maximum Gasteiger partial charge on any atom is 0.160 e. The third-order valence-electron chi connectivity index (χ3n) is 4.90. The smallest absolute Gasteiger partial charge is 0.160 e. The second kappa shape index (κ2) is 5.98. The minimum absolute atomic E-state index is 0.691. The van der Waals surface area contributed by atoms with Gasteiger partial charge >= 0.3 is 0 Å². The van der Waals surface area contributed by atoms with E-state index >= 15 is 0 Å². The van der Waals surface area contributed by atoms with E-state index in [4.69, 9.17) is 14.6 Å². The Kier molecular flexibility index (Phi) is 3.46. The molecule has 7 heteroatoms. The van der Waals surface area contributed by atoms with Crippen molar-refractivity contribution in [2.24, 2.45) is 5.16 Å². The molecule has 1 aromatic carbocycles. The first-order valence-corrected chi connectivity index (χ1v) is 8.73. The molecule has 3 aromatic heterocycles. The van der Waals surface area contributed by atoms with E-state index in [0.29, 0.717) is 5.76 Å². The fourth-order valence-electron chi connectivity index (χ4n) is 3.60. The Hall–Kier alpha value is -3.61. The molecule has 0 aliphatic heterocycles. The van der Waals surface area contributed by atoms with Gasteiger partial charge in [0.25, 0.3) is 0 Å². The zero-order valence-corrected chi connectivity index (χ0v) is 14.7. The standard InChI is InChI=1S/C20H17N5O2/c1-12-19-23-18(17-3-2-10-27-17)20(25(19)9-8-21-12)22-14-5-6-15-13(11-14)4-7-16(15)24-26/h2-3,5-6,8-11,22,26H,4,7H2,1H3/b24-16-. The van der Waals surface area contributed by atoms with Gasteiger partial charge in [-0.3, -0.25) is 9.38 Å². The van der Waals surface area contributed by atoms with Crippen LogP contribution in [0.15, 0.2) is 58.6 Å². The summed E-state index contributed by atoms with van der Waals surface area (Å²) in [7, 11) is 0. The molecular formula is C20H17N5O2. The predicted octanol–water partition coefficient (Wildman–Crippen LogP) is 4.17. The van der Waals surface area contributed by atoms with Gasteiger partial charge in [0.1, 0.15) is 11.5 Å². The van der Waals surface area contributed by atoms with E-state index in [0.717, 1.165) is 52.7 Å². The number of anilines is 2. The third kappa shape index (κ3) is 2.47. The summed E-state index contributed by atoms with van der Waals surface area (Å²) < 4.78 is 7.57. The first-order valence-electron chi connectivity index (χ1n) is 8.73. The predicted molar refractivity (Wildman–Crippen MR) is 102 cm³/mol. The van der Waals surface area contributed by atoms with Crippen molar-refractivity contribution in [3.05, 3.63) is 65.8 Å². The Labute approximate surface area is 155 Å². The van der Waals surface area contributed by atoms with Gasteiger partial charge in [0.2, 0.25) is 0 Å². The summed E-state index contributed by atoms with van der Waals surface area (Å²) in [4.78, 5) is 9.08. The maximum absolute atomic E-state index is 9.12. The number of nitrogens with zero attached hydrogens (tertiary/aromatic N) is 4. The molecule has 27 heavy (non-hydrogen) atoms. The Bertz CT molecular complexity index is 1170. The highest BCUT2D eigenvalue weighted by molar-refractivity contribution is 6.04. The molecule has 0 fully saturated rings. The summed E-state index contributed by atoms with van der Waals surface area (Å²) >= 11 is 0. The number of imidazole rings is 1. The van der Waals surface area contributed by atoms with Crippen molar-refractivity contribution in [2.75, 3.05) is 5.32 Å². The maximum atomic E-state index is 9.12. The van der Waals surface area contributed by atoms with Crippen LogP contribution >= 0.6 is 0 Å². The first kappa shape index (κ1) is 15.6. The highest BCUT2D eigenvalue weighted by Gasteiger charge is 2.21. The molecule has 7 nitrogen and oxygen atoms in total. The van der Waals surface area contributed by atoms with Crippen LogP contribution in [-0.4, -0.2) is 25.3 Å². The fraction of sp³-hybridized carbons (Fsp3) is 0.150.